The summed E-state index contributed by atoms with van der Waals surface area (Å²) < 4.78 is 4.68. The number of hydrogen-bond acceptors (Lipinski definition) is 4. The van der Waals surface area contributed by atoms with Crippen LogP contribution < -0.4 is 0 Å². The van der Waals surface area contributed by atoms with Crippen LogP contribution in [-0.2, 0) is 9.53 Å². The van der Waals surface area contributed by atoms with Gasteiger partial charge in [-0.2, -0.15) is 0 Å². The zero-order valence-electron chi connectivity index (χ0n) is 9.01. The number of ether oxygens (including phenoxy) is 1. The fraction of sp³-hybridized carbons (Fsp3) is 0.455. The van der Waals surface area contributed by atoms with Crippen LogP contribution in [0.5, 0.6) is 0 Å². The van der Waals surface area contributed by atoms with Crippen molar-refractivity contribution >= 4 is 23.2 Å². The monoisotopic (exact) mass is 239 g/mol. The van der Waals surface area contributed by atoms with Crippen molar-refractivity contribution in [1.82, 2.24) is 4.90 Å². The second-order valence-corrected chi connectivity index (χ2v) is 4.68. The number of carbonyl (C=O) groups is 2. The van der Waals surface area contributed by atoms with Crippen LogP contribution >= 0.6 is 11.3 Å². The van der Waals surface area contributed by atoms with Gasteiger partial charge in [-0.25, -0.2) is 0 Å². The Labute approximate surface area is 97.8 Å². The molecule has 0 spiro atoms. The van der Waals surface area contributed by atoms with Gasteiger partial charge in [0.25, 0.3) is 5.91 Å². The molecular formula is C11H13NO3S. The molecular weight excluding hydrogens is 226 g/mol. The number of likely N-dealkylation sites (tertiary alicyclic amines) is 1. The average Bonchev–Trinajstić information content (AvgIpc) is 2.97. The molecule has 16 heavy (non-hydrogen) atoms. The smallest absolute Gasteiger partial charge is 0.310 e. The Hall–Kier alpha value is -1.36. The molecule has 5 heteroatoms. The summed E-state index contributed by atoms with van der Waals surface area (Å²) in [7, 11) is 1.38. The van der Waals surface area contributed by atoms with Gasteiger partial charge in [0.2, 0.25) is 0 Å². The zero-order valence-corrected chi connectivity index (χ0v) is 9.83. The number of rotatable bonds is 2. The van der Waals surface area contributed by atoms with Crippen LogP contribution in [0.4, 0.5) is 0 Å². The van der Waals surface area contributed by atoms with Crippen LogP contribution in [0.25, 0.3) is 0 Å². The first-order valence-electron chi connectivity index (χ1n) is 5.13. The second kappa shape index (κ2) is 4.65. The third kappa shape index (κ3) is 2.09. The third-order valence-corrected chi connectivity index (χ3v) is 3.60. The summed E-state index contributed by atoms with van der Waals surface area (Å²) in [5.41, 5.74) is 0. The highest BCUT2D eigenvalue weighted by molar-refractivity contribution is 7.12. The number of thiophene rings is 1. The molecule has 1 aliphatic heterocycles. The first-order valence-corrected chi connectivity index (χ1v) is 6.01. The fourth-order valence-corrected chi connectivity index (χ4v) is 2.55. The molecule has 1 aromatic rings. The molecule has 1 fully saturated rings. The lowest BCUT2D eigenvalue weighted by Gasteiger charge is -2.14. The van der Waals surface area contributed by atoms with Gasteiger partial charge in [0.15, 0.2) is 0 Å². The maximum absolute atomic E-state index is 11.9. The van der Waals surface area contributed by atoms with Crippen molar-refractivity contribution in [3.05, 3.63) is 22.4 Å². The Kier molecular flexibility index (Phi) is 3.24. The Morgan fingerprint density at radius 3 is 3.00 bits per heavy atom. The topological polar surface area (TPSA) is 46.6 Å². The average molecular weight is 239 g/mol. The van der Waals surface area contributed by atoms with Gasteiger partial charge in [-0.3, -0.25) is 9.59 Å². The summed E-state index contributed by atoms with van der Waals surface area (Å²) in [6, 6.07) is 3.66. The molecule has 0 N–H and O–H groups in total. The molecule has 1 aliphatic rings. The number of amides is 1. The summed E-state index contributed by atoms with van der Waals surface area (Å²) in [6.07, 6.45) is 0.698. The van der Waals surface area contributed by atoms with Crippen molar-refractivity contribution in [3.8, 4) is 0 Å². The molecule has 0 aromatic carbocycles. The molecule has 4 nitrogen and oxygen atoms in total. The molecule has 0 radical (unpaired) electrons. The quantitative estimate of drug-likeness (QED) is 0.733. The highest BCUT2D eigenvalue weighted by Crippen LogP contribution is 2.21. The molecule has 1 atom stereocenters. The fourth-order valence-electron chi connectivity index (χ4n) is 1.86. The molecule has 0 aliphatic carbocycles. The van der Waals surface area contributed by atoms with Crippen molar-refractivity contribution in [3.63, 3.8) is 0 Å². The lowest BCUT2D eigenvalue weighted by molar-refractivity contribution is -0.144. The number of nitrogens with zero attached hydrogens (tertiary/aromatic N) is 1. The first-order chi connectivity index (χ1) is 7.72. The molecule has 1 amide bonds. The van der Waals surface area contributed by atoms with Gasteiger partial charge in [-0.15, -0.1) is 11.3 Å². The van der Waals surface area contributed by atoms with E-state index in [4.69, 9.17) is 0 Å². The number of methoxy groups -OCH3 is 1. The largest absolute Gasteiger partial charge is 0.469 e. The second-order valence-electron chi connectivity index (χ2n) is 3.74. The van der Waals surface area contributed by atoms with E-state index in [-0.39, 0.29) is 17.8 Å². The van der Waals surface area contributed by atoms with Gasteiger partial charge >= 0.3 is 5.97 Å². The Morgan fingerprint density at radius 1 is 1.56 bits per heavy atom. The molecule has 0 bridgehead atoms. The van der Waals surface area contributed by atoms with Crippen LogP contribution in [0.3, 0.4) is 0 Å². The third-order valence-electron chi connectivity index (χ3n) is 2.74. The minimum atomic E-state index is -0.221. The minimum absolute atomic E-state index is 0.0152. The predicted molar refractivity (Wildman–Crippen MR) is 60.3 cm³/mol. The normalized spacial score (nSPS) is 19.8. The van der Waals surface area contributed by atoms with E-state index < -0.39 is 0 Å². The van der Waals surface area contributed by atoms with E-state index in [1.807, 2.05) is 11.4 Å². The van der Waals surface area contributed by atoms with E-state index in [9.17, 15) is 9.59 Å². The number of esters is 1. The van der Waals surface area contributed by atoms with Crippen LogP contribution in [0.1, 0.15) is 16.1 Å². The van der Waals surface area contributed by atoms with Crippen molar-refractivity contribution in [2.45, 2.75) is 6.42 Å². The lowest BCUT2D eigenvalue weighted by Crippen LogP contribution is -2.29. The molecule has 2 rings (SSSR count). The van der Waals surface area contributed by atoms with Crippen LogP contribution in [0.15, 0.2) is 17.5 Å². The van der Waals surface area contributed by atoms with E-state index >= 15 is 0 Å². The van der Waals surface area contributed by atoms with E-state index in [1.165, 1.54) is 18.4 Å². The van der Waals surface area contributed by atoms with Crippen LogP contribution in [-0.4, -0.2) is 37.0 Å². The van der Waals surface area contributed by atoms with Crippen molar-refractivity contribution in [1.29, 1.82) is 0 Å². The van der Waals surface area contributed by atoms with Crippen LogP contribution in [0.2, 0.25) is 0 Å². The summed E-state index contributed by atoms with van der Waals surface area (Å²) in [4.78, 5) is 25.7. The maximum atomic E-state index is 11.9. The summed E-state index contributed by atoms with van der Waals surface area (Å²) in [6.45, 7) is 1.11. The van der Waals surface area contributed by atoms with Crippen LogP contribution in [0, 0.1) is 5.92 Å². The van der Waals surface area contributed by atoms with Gasteiger partial charge in [0, 0.05) is 13.1 Å². The highest BCUT2D eigenvalue weighted by Gasteiger charge is 2.32. The van der Waals surface area contributed by atoms with Gasteiger partial charge in [0.05, 0.1) is 17.9 Å². The van der Waals surface area contributed by atoms with Crippen molar-refractivity contribution < 1.29 is 14.3 Å². The molecule has 1 saturated heterocycles. The maximum Gasteiger partial charge on any atom is 0.310 e. The Morgan fingerprint density at radius 2 is 2.38 bits per heavy atom. The lowest BCUT2D eigenvalue weighted by atomic mass is 10.1. The Bertz CT molecular complexity index is 388. The number of hydrogen-bond donors (Lipinski definition) is 0. The minimum Gasteiger partial charge on any atom is -0.469 e. The number of carbonyl (C=O) groups excluding carboxylic acids is 2. The summed E-state index contributed by atoms with van der Waals surface area (Å²) in [5, 5.41) is 1.88. The van der Waals surface area contributed by atoms with Gasteiger partial charge in [-0.05, 0) is 17.9 Å². The molecule has 86 valence electrons. The van der Waals surface area contributed by atoms with E-state index in [0.717, 1.165) is 4.88 Å². The predicted octanol–water partition coefficient (Wildman–Crippen LogP) is 1.38. The van der Waals surface area contributed by atoms with Crippen molar-refractivity contribution in [2.24, 2.45) is 5.92 Å². The molecule has 1 aromatic heterocycles. The molecule has 0 saturated carbocycles. The summed E-state index contributed by atoms with van der Waals surface area (Å²) >= 11 is 1.43. The van der Waals surface area contributed by atoms with Gasteiger partial charge in [0.1, 0.15) is 0 Å². The van der Waals surface area contributed by atoms with E-state index in [0.29, 0.717) is 19.5 Å². The first kappa shape index (κ1) is 11.1. The molecule has 1 unspecified atom stereocenters. The SMILES string of the molecule is COC(=O)C1CCN(C(=O)c2cccs2)C1. The standard InChI is InChI=1S/C11H13NO3S/c1-15-11(14)8-4-5-12(7-8)10(13)9-3-2-6-16-9/h2-3,6,8H,4-5,7H2,1H3. The Balaban J connectivity index is 1.99. The van der Waals surface area contributed by atoms with Crippen molar-refractivity contribution in [2.75, 3.05) is 20.2 Å². The zero-order chi connectivity index (χ0) is 11.5. The summed E-state index contributed by atoms with van der Waals surface area (Å²) in [5.74, 6) is -0.364. The van der Waals surface area contributed by atoms with E-state index in [1.54, 1.807) is 11.0 Å². The van der Waals surface area contributed by atoms with Gasteiger partial charge in [-0.1, -0.05) is 6.07 Å². The highest BCUT2D eigenvalue weighted by atomic mass is 32.1. The van der Waals surface area contributed by atoms with Gasteiger partial charge < -0.3 is 9.64 Å². The molecule has 2 heterocycles. The van der Waals surface area contributed by atoms with E-state index in [2.05, 4.69) is 4.74 Å².